The largest absolute Gasteiger partial charge is 0.337 e. The SMILES string of the molecule is N#Cc1cccc(C(=O)NC(=NCC(Cn2ccnc2)c2ccc(Cl)cc2Cl)Nc2ccc(Cl)cc2)c1. The van der Waals surface area contributed by atoms with Crippen LogP contribution in [0.3, 0.4) is 0 Å². The van der Waals surface area contributed by atoms with Crippen LogP contribution in [0.2, 0.25) is 15.1 Å². The molecule has 4 aromatic rings. The molecule has 7 nitrogen and oxygen atoms in total. The number of hydrogen-bond donors (Lipinski definition) is 2. The van der Waals surface area contributed by atoms with Gasteiger partial charge in [0.15, 0.2) is 0 Å². The van der Waals surface area contributed by atoms with Gasteiger partial charge >= 0.3 is 0 Å². The minimum Gasteiger partial charge on any atom is -0.337 e. The number of amides is 1. The molecule has 0 fully saturated rings. The van der Waals surface area contributed by atoms with Crippen LogP contribution in [0.4, 0.5) is 5.69 Å². The summed E-state index contributed by atoms with van der Waals surface area (Å²) in [5.41, 5.74) is 2.27. The van der Waals surface area contributed by atoms with Gasteiger partial charge in [-0.3, -0.25) is 15.1 Å². The summed E-state index contributed by atoms with van der Waals surface area (Å²) in [6.07, 6.45) is 5.28. The van der Waals surface area contributed by atoms with Gasteiger partial charge in [0, 0.05) is 51.2 Å². The summed E-state index contributed by atoms with van der Waals surface area (Å²) in [6.45, 7) is 0.839. The molecule has 0 saturated carbocycles. The molecule has 0 aliphatic carbocycles. The van der Waals surface area contributed by atoms with E-state index in [1.807, 2.05) is 22.9 Å². The van der Waals surface area contributed by atoms with Crippen molar-refractivity contribution < 1.29 is 4.79 Å². The maximum Gasteiger partial charge on any atom is 0.258 e. The van der Waals surface area contributed by atoms with Crippen molar-refractivity contribution >= 4 is 52.4 Å². The number of nitrogens with one attached hydrogen (secondary N) is 2. The van der Waals surface area contributed by atoms with E-state index in [1.165, 1.54) is 6.07 Å². The lowest BCUT2D eigenvalue weighted by Gasteiger charge is -2.19. The number of anilines is 1. The first kappa shape index (κ1) is 26.2. The number of nitriles is 1. The van der Waals surface area contributed by atoms with Crippen LogP contribution in [0.15, 0.2) is 90.4 Å². The highest BCUT2D eigenvalue weighted by molar-refractivity contribution is 6.35. The van der Waals surface area contributed by atoms with E-state index in [4.69, 9.17) is 39.8 Å². The van der Waals surface area contributed by atoms with Gasteiger partial charge in [-0.15, -0.1) is 0 Å². The minimum atomic E-state index is -0.409. The predicted octanol–water partition coefficient (Wildman–Crippen LogP) is 6.40. The molecule has 1 unspecified atom stereocenters. The Morgan fingerprint density at radius 3 is 2.54 bits per heavy atom. The zero-order valence-corrected chi connectivity index (χ0v) is 21.7. The number of hydrogen-bond acceptors (Lipinski definition) is 4. The quantitative estimate of drug-likeness (QED) is 0.205. The van der Waals surface area contributed by atoms with E-state index in [9.17, 15) is 10.1 Å². The van der Waals surface area contributed by atoms with Gasteiger partial charge in [-0.1, -0.05) is 46.9 Å². The third-order valence-corrected chi connectivity index (χ3v) is 6.27. The van der Waals surface area contributed by atoms with Crippen LogP contribution in [0.25, 0.3) is 0 Å². The maximum absolute atomic E-state index is 13.0. The number of guanidine groups is 1. The van der Waals surface area contributed by atoms with Gasteiger partial charge in [-0.25, -0.2) is 4.98 Å². The second kappa shape index (κ2) is 12.4. The summed E-state index contributed by atoms with van der Waals surface area (Å²) in [4.78, 5) is 21.9. The molecule has 4 rings (SSSR count). The standard InChI is InChI=1S/C27H21Cl3N6O/c28-21-4-7-23(8-5-21)34-27(35-26(37)19-3-1-2-18(12-19)14-31)33-15-20(16-36-11-10-32-17-36)24-9-6-22(29)13-25(24)30/h1-13,17,20H,15-16H2,(H2,33,34,35,37). The molecule has 2 N–H and O–H groups in total. The van der Waals surface area contributed by atoms with Gasteiger partial charge < -0.3 is 9.88 Å². The molecule has 0 saturated heterocycles. The lowest BCUT2D eigenvalue weighted by Crippen LogP contribution is -2.36. The normalized spacial score (nSPS) is 12.0. The molecule has 186 valence electrons. The number of nitrogens with zero attached hydrogens (tertiary/aromatic N) is 4. The number of benzene rings is 3. The molecule has 1 heterocycles. The van der Waals surface area contributed by atoms with Crippen LogP contribution >= 0.6 is 34.8 Å². The van der Waals surface area contributed by atoms with Crippen molar-refractivity contribution in [2.45, 2.75) is 12.5 Å². The summed E-state index contributed by atoms with van der Waals surface area (Å²) < 4.78 is 1.93. The summed E-state index contributed by atoms with van der Waals surface area (Å²) >= 11 is 18.7. The number of aliphatic imine (C=N–C) groups is 1. The third-order valence-electron chi connectivity index (χ3n) is 5.46. The topological polar surface area (TPSA) is 95.1 Å². The first-order valence-corrected chi connectivity index (χ1v) is 12.3. The Bertz CT molecular complexity index is 1450. The highest BCUT2D eigenvalue weighted by Crippen LogP contribution is 2.29. The first-order valence-electron chi connectivity index (χ1n) is 11.2. The van der Waals surface area contributed by atoms with Gasteiger partial charge in [0.2, 0.25) is 5.96 Å². The fourth-order valence-electron chi connectivity index (χ4n) is 3.63. The van der Waals surface area contributed by atoms with E-state index >= 15 is 0 Å². The molecule has 10 heteroatoms. The highest BCUT2D eigenvalue weighted by Gasteiger charge is 2.18. The number of rotatable bonds is 7. The van der Waals surface area contributed by atoms with Crippen molar-refractivity contribution in [3.05, 3.63) is 117 Å². The van der Waals surface area contributed by atoms with Crippen LogP contribution in [-0.4, -0.2) is 28.0 Å². The highest BCUT2D eigenvalue weighted by atomic mass is 35.5. The van der Waals surface area contributed by atoms with Crippen LogP contribution < -0.4 is 10.6 Å². The van der Waals surface area contributed by atoms with Crippen molar-refractivity contribution in [2.75, 3.05) is 11.9 Å². The molecule has 0 aliphatic rings. The summed E-state index contributed by atoms with van der Waals surface area (Å²) in [5.74, 6) is -0.330. The van der Waals surface area contributed by atoms with E-state index in [0.717, 1.165) is 5.56 Å². The number of imidazole rings is 1. The molecule has 1 atom stereocenters. The Balaban J connectivity index is 1.64. The molecular formula is C27H21Cl3N6O. The Morgan fingerprint density at radius 1 is 1.05 bits per heavy atom. The van der Waals surface area contributed by atoms with Gasteiger partial charge in [0.1, 0.15) is 0 Å². The summed E-state index contributed by atoms with van der Waals surface area (Å²) in [5, 5.41) is 16.8. The second-order valence-corrected chi connectivity index (χ2v) is 9.37. The van der Waals surface area contributed by atoms with Crippen LogP contribution in [0.5, 0.6) is 0 Å². The van der Waals surface area contributed by atoms with Gasteiger partial charge in [0.25, 0.3) is 5.91 Å². The van der Waals surface area contributed by atoms with Crippen LogP contribution in [0, 0.1) is 11.3 Å². The van der Waals surface area contributed by atoms with E-state index in [-0.39, 0.29) is 18.4 Å². The minimum absolute atomic E-state index is 0.153. The number of halogens is 3. The lowest BCUT2D eigenvalue weighted by molar-refractivity contribution is 0.0977. The Kier molecular flexibility index (Phi) is 8.81. The van der Waals surface area contributed by atoms with E-state index in [0.29, 0.717) is 38.4 Å². The van der Waals surface area contributed by atoms with Crippen LogP contribution in [-0.2, 0) is 6.54 Å². The second-order valence-electron chi connectivity index (χ2n) is 8.09. The molecule has 3 aromatic carbocycles. The van der Waals surface area contributed by atoms with Crippen molar-refractivity contribution in [3.63, 3.8) is 0 Å². The average molecular weight is 552 g/mol. The molecule has 1 aromatic heterocycles. The van der Waals surface area contributed by atoms with Crippen LogP contribution in [0.1, 0.15) is 27.4 Å². The number of carbonyl (C=O) groups excluding carboxylic acids is 1. The summed E-state index contributed by atoms with van der Waals surface area (Å²) in [6, 6.07) is 20.8. The van der Waals surface area contributed by atoms with Crippen molar-refractivity contribution in [2.24, 2.45) is 4.99 Å². The van der Waals surface area contributed by atoms with Crippen molar-refractivity contribution in [1.29, 1.82) is 5.26 Å². The molecular weight excluding hydrogens is 531 g/mol. The third kappa shape index (κ3) is 7.34. The smallest absolute Gasteiger partial charge is 0.258 e. The van der Waals surface area contributed by atoms with E-state index < -0.39 is 5.91 Å². The van der Waals surface area contributed by atoms with Gasteiger partial charge in [-0.2, -0.15) is 5.26 Å². The fraction of sp³-hybridized carbons (Fsp3) is 0.111. The monoisotopic (exact) mass is 550 g/mol. The molecule has 0 aliphatic heterocycles. The number of aromatic nitrogens is 2. The molecule has 0 spiro atoms. The van der Waals surface area contributed by atoms with E-state index in [2.05, 4.69) is 15.6 Å². The fourth-order valence-corrected chi connectivity index (χ4v) is 4.32. The Morgan fingerprint density at radius 2 is 1.84 bits per heavy atom. The molecule has 1 amide bonds. The Labute approximate surface area is 229 Å². The van der Waals surface area contributed by atoms with Gasteiger partial charge in [0.05, 0.1) is 24.5 Å². The molecule has 0 radical (unpaired) electrons. The summed E-state index contributed by atoms with van der Waals surface area (Å²) in [7, 11) is 0. The molecule has 0 bridgehead atoms. The first-order chi connectivity index (χ1) is 17.9. The average Bonchev–Trinajstić information content (AvgIpc) is 3.41. The van der Waals surface area contributed by atoms with Crippen molar-refractivity contribution in [1.82, 2.24) is 14.9 Å². The predicted molar refractivity (Wildman–Crippen MR) is 147 cm³/mol. The zero-order chi connectivity index (χ0) is 26.2. The molecule has 37 heavy (non-hydrogen) atoms. The van der Waals surface area contributed by atoms with E-state index in [1.54, 1.807) is 67.1 Å². The Hall–Kier alpha value is -3.83. The zero-order valence-electron chi connectivity index (χ0n) is 19.4. The number of carbonyl (C=O) groups is 1. The maximum atomic E-state index is 13.0. The lowest BCUT2D eigenvalue weighted by atomic mass is 9.99. The van der Waals surface area contributed by atoms with Gasteiger partial charge in [-0.05, 0) is 60.2 Å². The van der Waals surface area contributed by atoms with Crippen molar-refractivity contribution in [3.8, 4) is 6.07 Å².